The van der Waals surface area contributed by atoms with E-state index in [-0.39, 0.29) is 24.5 Å². The molecule has 16 nitrogen and oxygen atoms in total. The first-order valence-electron chi connectivity index (χ1n) is 15.9. The van der Waals surface area contributed by atoms with Gasteiger partial charge in [-0.2, -0.15) is 10.2 Å². The van der Waals surface area contributed by atoms with E-state index in [1.165, 1.54) is 24.3 Å². The van der Waals surface area contributed by atoms with Gasteiger partial charge in [0.25, 0.3) is 11.4 Å². The molecule has 0 spiro atoms. The highest BCUT2D eigenvalue weighted by Crippen LogP contribution is 2.32. The van der Waals surface area contributed by atoms with E-state index in [2.05, 4.69) is 20.4 Å². The second-order valence-corrected chi connectivity index (χ2v) is 12.7. The summed E-state index contributed by atoms with van der Waals surface area (Å²) in [6, 6.07) is 28.4. The van der Waals surface area contributed by atoms with Crippen molar-refractivity contribution in [2.45, 2.75) is 26.2 Å². The Kier molecular flexibility index (Phi) is 8.28. The fourth-order valence-corrected chi connectivity index (χ4v) is 6.62. The molecular weight excluding hydrogens is 705 g/mol. The number of nitrogens with one attached hydrogen (secondary N) is 2. The van der Waals surface area contributed by atoms with Crippen molar-refractivity contribution >= 4 is 57.9 Å². The predicted molar refractivity (Wildman–Crippen MR) is 196 cm³/mol. The largest absolute Gasteiger partial charge is 0.313 e. The zero-order chi connectivity index (χ0) is 35.9. The van der Waals surface area contributed by atoms with Crippen molar-refractivity contribution in [1.82, 2.24) is 48.6 Å². The molecule has 0 fully saturated rings. The number of aromatic amines is 2. The minimum Gasteiger partial charge on any atom is -0.313 e. The SMILES string of the molecule is O=[N+]([O-])c1ccc2nc(-c3nc4ccc([N+](=O)[O-])cc4n3Cc3n[nH]c(=S)n3Cc3ccccc3)n(Cc3n[nH]c(=S)n3Cc3ccccc3)c2c1. The van der Waals surface area contributed by atoms with Crippen LogP contribution in [0.3, 0.4) is 0 Å². The number of rotatable bonds is 11. The third-order valence-electron chi connectivity index (χ3n) is 8.73. The minimum atomic E-state index is -0.467. The summed E-state index contributed by atoms with van der Waals surface area (Å²) in [5.41, 5.74) is 3.62. The molecule has 0 unspecified atom stereocenters. The quantitative estimate of drug-likeness (QED) is 0.0836. The van der Waals surface area contributed by atoms with Gasteiger partial charge in [-0.05, 0) is 47.7 Å². The summed E-state index contributed by atoms with van der Waals surface area (Å²) in [4.78, 5) is 32.8. The minimum absolute atomic E-state index is 0.100. The summed E-state index contributed by atoms with van der Waals surface area (Å²) in [6.07, 6.45) is 0. The molecule has 258 valence electrons. The second-order valence-electron chi connectivity index (χ2n) is 11.9. The zero-order valence-electron chi connectivity index (χ0n) is 27.0. The summed E-state index contributed by atoms with van der Waals surface area (Å²) in [5.74, 6) is 1.78. The predicted octanol–water partition coefficient (Wildman–Crippen LogP) is 6.57. The molecule has 0 bridgehead atoms. The van der Waals surface area contributed by atoms with E-state index < -0.39 is 9.85 Å². The molecule has 8 aromatic rings. The van der Waals surface area contributed by atoms with Crippen LogP contribution in [0, 0.1) is 29.8 Å². The van der Waals surface area contributed by atoms with Crippen molar-refractivity contribution in [3.63, 3.8) is 0 Å². The number of aromatic nitrogens is 10. The third-order valence-corrected chi connectivity index (χ3v) is 9.35. The molecule has 4 aromatic carbocycles. The Bertz CT molecular complexity index is 2570. The smallest absolute Gasteiger partial charge is 0.271 e. The van der Waals surface area contributed by atoms with Crippen molar-refractivity contribution in [3.05, 3.63) is 150 Å². The lowest BCUT2D eigenvalue weighted by molar-refractivity contribution is -0.384. The molecule has 0 amide bonds. The second kappa shape index (κ2) is 13.2. The van der Waals surface area contributed by atoms with E-state index in [1.807, 2.05) is 69.8 Å². The van der Waals surface area contributed by atoms with Crippen LogP contribution < -0.4 is 0 Å². The Hall–Kier alpha value is -6.66. The van der Waals surface area contributed by atoms with E-state index >= 15 is 0 Å². The van der Waals surface area contributed by atoms with Gasteiger partial charge in [0, 0.05) is 24.3 Å². The zero-order valence-corrected chi connectivity index (χ0v) is 28.6. The van der Waals surface area contributed by atoms with Gasteiger partial charge in [-0.15, -0.1) is 0 Å². The number of nitrogens with zero attached hydrogens (tertiary/aromatic N) is 10. The van der Waals surface area contributed by atoms with E-state index in [0.717, 1.165) is 11.1 Å². The van der Waals surface area contributed by atoms with Crippen molar-refractivity contribution in [2.75, 3.05) is 0 Å². The fraction of sp³-hybridized carbons (Fsp3) is 0.118. The molecule has 0 aliphatic heterocycles. The van der Waals surface area contributed by atoms with Crippen molar-refractivity contribution < 1.29 is 9.85 Å². The molecule has 0 saturated heterocycles. The van der Waals surface area contributed by atoms with Gasteiger partial charge in [0.05, 0.1) is 58.1 Å². The Morgan fingerprint density at radius 2 is 0.962 bits per heavy atom. The lowest BCUT2D eigenvalue weighted by Crippen LogP contribution is -2.14. The Balaban J connectivity index is 1.32. The van der Waals surface area contributed by atoms with Gasteiger partial charge in [0.2, 0.25) is 0 Å². The van der Waals surface area contributed by atoms with E-state index in [9.17, 15) is 20.2 Å². The molecule has 4 heterocycles. The van der Waals surface area contributed by atoms with E-state index in [0.29, 0.717) is 68.0 Å². The molecule has 0 saturated carbocycles. The molecule has 2 N–H and O–H groups in total. The van der Waals surface area contributed by atoms with Crippen LogP contribution in [-0.2, 0) is 26.2 Å². The lowest BCUT2D eigenvalue weighted by Gasteiger charge is -2.13. The monoisotopic (exact) mass is 730 g/mol. The van der Waals surface area contributed by atoms with Crippen LogP contribution in [0.4, 0.5) is 11.4 Å². The van der Waals surface area contributed by atoms with Gasteiger partial charge in [-0.1, -0.05) is 60.7 Å². The average Bonchev–Trinajstić information content (AvgIpc) is 3.90. The molecular formula is C34H26N12O4S2. The van der Waals surface area contributed by atoms with Crippen molar-refractivity contribution in [1.29, 1.82) is 0 Å². The maximum Gasteiger partial charge on any atom is 0.271 e. The van der Waals surface area contributed by atoms with Gasteiger partial charge in [-0.3, -0.25) is 39.6 Å². The van der Waals surface area contributed by atoms with Gasteiger partial charge < -0.3 is 9.13 Å². The molecule has 0 aliphatic rings. The number of nitro groups is 2. The van der Waals surface area contributed by atoms with Crippen LogP contribution in [-0.4, -0.2) is 58.5 Å². The van der Waals surface area contributed by atoms with Gasteiger partial charge in [0.1, 0.15) is 0 Å². The molecule has 8 rings (SSSR count). The van der Waals surface area contributed by atoms with Crippen molar-refractivity contribution in [2.24, 2.45) is 0 Å². The van der Waals surface area contributed by atoms with Crippen LogP contribution in [0.15, 0.2) is 97.1 Å². The highest BCUT2D eigenvalue weighted by Gasteiger charge is 2.25. The summed E-state index contributed by atoms with van der Waals surface area (Å²) < 4.78 is 8.09. The van der Waals surface area contributed by atoms with Crippen molar-refractivity contribution in [3.8, 4) is 11.6 Å². The molecule has 4 aromatic heterocycles. The first-order valence-corrected chi connectivity index (χ1v) is 16.7. The first-order chi connectivity index (χ1) is 25.2. The maximum atomic E-state index is 11.9. The summed E-state index contributed by atoms with van der Waals surface area (Å²) in [5, 5.41) is 38.7. The number of benzene rings is 4. The van der Waals surface area contributed by atoms with Crippen LogP contribution in [0.2, 0.25) is 0 Å². The number of non-ortho nitro benzene ring substituents is 2. The average molecular weight is 731 g/mol. The molecule has 52 heavy (non-hydrogen) atoms. The summed E-state index contributed by atoms with van der Waals surface area (Å²) in [7, 11) is 0. The number of hydrogen-bond acceptors (Lipinski definition) is 10. The number of H-pyrrole nitrogens is 2. The van der Waals surface area contributed by atoms with Gasteiger partial charge in [-0.25, -0.2) is 9.97 Å². The highest BCUT2D eigenvalue weighted by molar-refractivity contribution is 7.71. The maximum absolute atomic E-state index is 11.9. The summed E-state index contributed by atoms with van der Waals surface area (Å²) >= 11 is 11.2. The van der Waals surface area contributed by atoms with Crippen LogP contribution in [0.25, 0.3) is 33.7 Å². The molecule has 0 atom stereocenters. The number of hydrogen-bond donors (Lipinski definition) is 2. The highest BCUT2D eigenvalue weighted by atomic mass is 32.1. The normalized spacial score (nSPS) is 11.5. The van der Waals surface area contributed by atoms with E-state index in [1.54, 1.807) is 21.3 Å². The lowest BCUT2D eigenvalue weighted by atomic mass is 10.2. The Morgan fingerprint density at radius 1 is 0.558 bits per heavy atom. The number of imidazole rings is 2. The molecule has 18 heteroatoms. The number of fused-ring (bicyclic) bond motifs is 2. The Labute approximate surface area is 302 Å². The van der Waals surface area contributed by atoms with Crippen LogP contribution in [0.1, 0.15) is 22.8 Å². The number of nitro benzene ring substituents is 2. The standard InChI is InChI=1S/C34H26N12O4S2/c47-45(48)23-11-13-25-27(15-23)41(19-29-37-39-33(51)43(29)17-21-7-3-1-4-8-21)31(35-25)32-36-26-14-12-24(46(49)50)16-28(26)42(32)20-30-38-40-34(52)44(30)18-22-9-5-2-6-10-22/h1-16H,17-20H2,(H,39,51)(H,40,52). The van der Waals surface area contributed by atoms with Crippen LogP contribution in [0.5, 0.6) is 0 Å². The fourth-order valence-electron chi connectivity index (χ4n) is 6.19. The van der Waals surface area contributed by atoms with E-state index in [4.69, 9.17) is 34.4 Å². The third kappa shape index (κ3) is 6.05. The summed E-state index contributed by atoms with van der Waals surface area (Å²) in [6.45, 7) is 1.06. The molecule has 0 radical (unpaired) electrons. The van der Waals surface area contributed by atoms with Crippen LogP contribution >= 0.6 is 24.4 Å². The van der Waals surface area contributed by atoms with Gasteiger partial charge in [0.15, 0.2) is 32.8 Å². The first kappa shape index (κ1) is 32.5. The van der Waals surface area contributed by atoms with Gasteiger partial charge >= 0.3 is 0 Å². The topological polar surface area (TPSA) is 189 Å². The molecule has 0 aliphatic carbocycles. The Morgan fingerprint density at radius 3 is 1.35 bits per heavy atom.